The van der Waals surface area contributed by atoms with Gasteiger partial charge in [-0.3, -0.25) is 4.98 Å². The van der Waals surface area contributed by atoms with Gasteiger partial charge in [0.15, 0.2) is 0 Å². The molecular weight excluding hydrogens is 274 g/mol. The number of H-pyrrole nitrogens is 1. The van der Waals surface area contributed by atoms with E-state index in [0.29, 0.717) is 17.0 Å². The molecule has 102 valence electrons. The number of nitrogens with zero attached hydrogens (tertiary/aromatic N) is 2. The monoisotopic (exact) mass is 287 g/mol. The predicted molar refractivity (Wildman–Crippen MR) is 79.2 cm³/mol. The summed E-state index contributed by atoms with van der Waals surface area (Å²) >= 11 is 6.08. The number of aromatic amines is 1. The second-order valence-corrected chi connectivity index (χ2v) is 5.77. The van der Waals surface area contributed by atoms with Crippen LogP contribution in [0.15, 0.2) is 24.4 Å². The Labute approximate surface area is 121 Å². The smallest absolute Gasteiger partial charge is 0.110 e. The Kier molecular flexibility index (Phi) is 2.69. The minimum atomic E-state index is 0.373. The van der Waals surface area contributed by atoms with Gasteiger partial charge < -0.3 is 9.72 Å². The lowest BCUT2D eigenvalue weighted by Gasteiger charge is -2.32. The normalized spacial score (nSPS) is 22.3. The van der Waals surface area contributed by atoms with Crippen molar-refractivity contribution >= 4 is 33.5 Å². The maximum absolute atomic E-state index is 6.08. The summed E-state index contributed by atoms with van der Waals surface area (Å²) in [6.45, 7) is 0. The summed E-state index contributed by atoms with van der Waals surface area (Å²) in [7, 11) is 1.76. The number of hydrogen-bond donors (Lipinski definition) is 1. The first-order valence-corrected chi connectivity index (χ1v) is 7.09. The summed E-state index contributed by atoms with van der Waals surface area (Å²) in [4.78, 5) is 12.6. The molecular formula is C15H14ClN3O. The van der Waals surface area contributed by atoms with Gasteiger partial charge in [-0.05, 0) is 31.0 Å². The van der Waals surface area contributed by atoms with Crippen molar-refractivity contribution in [3.8, 4) is 0 Å². The minimum Gasteiger partial charge on any atom is -0.381 e. The van der Waals surface area contributed by atoms with Crippen LogP contribution in [0.25, 0.3) is 21.9 Å². The summed E-state index contributed by atoms with van der Waals surface area (Å²) < 4.78 is 5.33. The minimum absolute atomic E-state index is 0.373. The Morgan fingerprint density at radius 1 is 1.35 bits per heavy atom. The number of benzene rings is 1. The third kappa shape index (κ3) is 1.79. The largest absolute Gasteiger partial charge is 0.381 e. The Bertz CT molecular complexity index is 792. The van der Waals surface area contributed by atoms with Gasteiger partial charge in [-0.15, -0.1) is 0 Å². The van der Waals surface area contributed by atoms with Crippen molar-refractivity contribution in [3.05, 3.63) is 35.2 Å². The quantitative estimate of drug-likeness (QED) is 0.782. The number of hydrogen-bond acceptors (Lipinski definition) is 3. The summed E-state index contributed by atoms with van der Waals surface area (Å²) in [6.07, 6.45) is 4.27. The Morgan fingerprint density at radius 3 is 3.00 bits per heavy atom. The number of methoxy groups -OCH3 is 1. The lowest BCUT2D eigenvalue weighted by Crippen LogP contribution is -2.29. The van der Waals surface area contributed by atoms with Gasteiger partial charge in [-0.25, -0.2) is 4.98 Å². The number of imidazole rings is 1. The van der Waals surface area contributed by atoms with Crippen molar-refractivity contribution in [2.75, 3.05) is 7.11 Å². The van der Waals surface area contributed by atoms with Crippen molar-refractivity contribution in [3.63, 3.8) is 0 Å². The fraction of sp³-hybridized carbons (Fsp3) is 0.333. The van der Waals surface area contributed by atoms with E-state index in [4.69, 9.17) is 21.3 Å². The molecule has 0 spiro atoms. The first-order valence-electron chi connectivity index (χ1n) is 6.71. The van der Waals surface area contributed by atoms with Crippen LogP contribution in [0.2, 0.25) is 5.02 Å². The average molecular weight is 288 g/mol. The molecule has 1 saturated carbocycles. The molecule has 1 fully saturated rings. The zero-order valence-corrected chi connectivity index (χ0v) is 11.8. The van der Waals surface area contributed by atoms with Crippen LogP contribution in [0.5, 0.6) is 0 Å². The molecule has 0 amide bonds. The van der Waals surface area contributed by atoms with E-state index in [0.717, 1.165) is 40.6 Å². The van der Waals surface area contributed by atoms with Crippen molar-refractivity contribution in [1.82, 2.24) is 15.0 Å². The third-order valence-corrected chi connectivity index (χ3v) is 4.35. The zero-order valence-electron chi connectivity index (χ0n) is 11.1. The molecule has 5 heteroatoms. The highest BCUT2D eigenvalue weighted by molar-refractivity contribution is 6.31. The van der Waals surface area contributed by atoms with Crippen LogP contribution in [0.1, 0.15) is 24.6 Å². The molecule has 1 aliphatic rings. The molecule has 1 N–H and O–H groups in total. The lowest BCUT2D eigenvalue weighted by atomic mass is 9.82. The molecule has 2 heterocycles. The molecule has 1 aliphatic carbocycles. The van der Waals surface area contributed by atoms with E-state index >= 15 is 0 Å². The number of halogens is 1. The second kappa shape index (κ2) is 4.43. The summed E-state index contributed by atoms with van der Waals surface area (Å²) in [6, 6.07) is 5.71. The first kappa shape index (κ1) is 12.1. The molecule has 20 heavy (non-hydrogen) atoms. The van der Waals surface area contributed by atoms with Crippen molar-refractivity contribution in [1.29, 1.82) is 0 Å². The van der Waals surface area contributed by atoms with Crippen LogP contribution in [0.3, 0.4) is 0 Å². The molecule has 4 nitrogen and oxygen atoms in total. The molecule has 0 radical (unpaired) electrons. The van der Waals surface area contributed by atoms with Crippen molar-refractivity contribution in [2.45, 2.75) is 24.9 Å². The second-order valence-electron chi connectivity index (χ2n) is 5.33. The van der Waals surface area contributed by atoms with Crippen LogP contribution in [0, 0.1) is 0 Å². The van der Waals surface area contributed by atoms with E-state index in [9.17, 15) is 0 Å². The maximum Gasteiger partial charge on any atom is 0.110 e. The van der Waals surface area contributed by atoms with Gasteiger partial charge >= 0.3 is 0 Å². The summed E-state index contributed by atoms with van der Waals surface area (Å²) in [5.74, 6) is 1.49. The van der Waals surface area contributed by atoms with Gasteiger partial charge in [0.25, 0.3) is 0 Å². The van der Waals surface area contributed by atoms with E-state index in [-0.39, 0.29) is 0 Å². The Hall–Kier alpha value is -1.65. The van der Waals surface area contributed by atoms with Gasteiger partial charge in [-0.1, -0.05) is 11.6 Å². The molecule has 0 atom stereocenters. The number of fused-ring (bicyclic) bond motifs is 3. The van der Waals surface area contributed by atoms with E-state index < -0.39 is 0 Å². The van der Waals surface area contributed by atoms with Gasteiger partial charge in [0.1, 0.15) is 5.82 Å². The van der Waals surface area contributed by atoms with Crippen LogP contribution in [-0.4, -0.2) is 28.2 Å². The molecule has 0 unspecified atom stereocenters. The highest BCUT2D eigenvalue weighted by Crippen LogP contribution is 2.38. The lowest BCUT2D eigenvalue weighted by molar-refractivity contribution is 0.0239. The fourth-order valence-electron chi connectivity index (χ4n) is 2.82. The SMILES string of the molecule is COC1CC(c2nc3c(cnc4ccc(Cl)cc43)[nH]2)C1. The van der Waals surface area contributed by atoms with Crippen molar-refractivity contribution < 1.29 is 4.74 Å². The Morgan fingerprint density at radius 2 is 2.20 bits per heavy atom. The maximum atomic E-state index is 6.08. The van der Waals surface area contributed by atoms with Crippen LogP contribution in [0.4, 0.5) is 0 Å². The highest BCUT2D eigenvalue weighted by atomic mass is 35.5. The van der Waals surface area contributed by atoms with E-state index in [1.807, 2.05) is 24.4 Å². The van der Waals surface area contributed by atoms with E-state index in [2.05, 4.69) is 9.97 Å². The van der Waals surface area contributed by atoms with Gasteiger partial charge in [-0.2, -0.15) is 0 Å². The molecule has 0 aliphatic heterocycles. The van der Waals surface area contributed by atoms with Gasteiger partial charge in [0.2, 0.25) is 0 Å². The number of ether oxygens (including phenoxy) is 1. The average Bonchev–Trinajstić information content (AvgIpc) is 2.81. The molecule has 0 saturated heterocycles. The molecule has 2 aromatic heterocycles. The molecule has 3 aromatic rings. The standard InChI is InChI=1S/C15H14ClN3O/c1-20-10-4-8(5-10)15-18-13-7-17-12-3-2-9(16)6-11(12)14(13)19-15/h2-3,6-8,10H,4-5H2,1H3,(H,18,19). The Balaban J connectivity index is 1.82. The molecule has 1 aromatic carbocycles. The van der Waals surface area contributed by atoms with Crippen LogP contribution >= 0.6 is 11.6 Å². The number of aromatic nitrogens is 3. The van der Waals surface area contributed by atoms with Crippen LogP contribution < -0.4 is 0 Å². The number of nitrogens with one attached hydrogen (secondary N) is 1. The summed E-state index contributed by atoms with van der Waals surface area (Å²) in [5, 5.41) is 1.71. The van der Waals surface area contributed by atoms with E-state index in [1.54, 1.807) is 7.11 Å². The number of rotatable bonds is 2. The van der Waals surface area contributed by atoms with E-state index in [1.165, 1.54) is 0 Å². The summed E-state index contributed by atoms with van der Waals surface area (Å²) in [5.41, 5.74) is 2.84. The predicted octanol–water partition coefficient (Wildman–Crippen LogP) is 3.66. The highest BCUT2D eigenvalue weighted by Gasteiger charge is 2.32. The fourth-order valence-corrected chi connectivity index (χ4v) is 3.00. The van der Waals surface area contributed by atoms with Crippen LogP contribution in [-0.2, 0) is 4.74 Å². The van der Waals surface area contributed by atoms with Gasteiger partial charge in [0.05, 0.1) is 28.9 Å². The first-order chi connectivity index (χ1) is 9.74. The van der Waals surface area contributed by atoms with Gasteiger partial charge in [0, 0.05) is 23.4 Å². The third-order valence-electron chi connectivity index (χ3n) is 4.11. The number of pyridine rings is 1. The molecule has 4 rings (SSSR count). The zero-order chi connectivity index (χ0) is 13.7. The topological polar surface area (TPSA) is 50.8 Å². The van der Waals surface area contributed by atoms with Crippen molar-refractivity contribution in [2.24, 2.45) is 0 Å². The molecule has 0 bridgehead atoms.